The molecule has 0 aliphatic heterocycles. The molecule has 0 aliphatic carbocycles. The van der Waals surface area contributed by atoms with Crippen molar-refractivity contribution in [3.8, 4) is 11.3 Å². The van der Waals surface area contributed by atoms with Crippen molar-refractivity contribution in [1.82, 2.24) is 4.98 Å². The van der Waals surface area contributed by atoms with E-state index in [0.717, 1.165) is 27.8 Å². The predicted octanol–water partition coefficient (Wildman–Crippen LogP) is 3.80. The summed E-state index contributed by atoms with van der Waals surface area (Å²) in [4.78, 5) is 16.2. The Morgan fingerprint density at radius 2 is 1.87 bits per heavy atom. The van der Waals surface area contributed by atoms with E-state index < -0.39 is 0 Å². The number of methoxy groups -OCH3 is 1. The molecule has 0 unspecified atom stereocenters. The molecule has 0 saturated heterocycles. The first kappa shape index (κ1) is 15.2. The van der Waals surface area contributed by atoms with E-state index in [9.17, 15) is 4.79 Å². The first-order valence-electron chi connectivity index (χ1n) is 7.42. The Hall–Kier alpha value is -2.72. The predicted molar refractivity (Wildman–Crippen MR) is 92.4 cm³/mol. The number of rotatable bonds is 4. The lowest BCUT2D eigenvalue weighted by atomic mass is 10.1. The first-order valence-corrected chi connectivity index (χ1v) is 7.42. The quantitative estimate of drug-likeness (QED) is 0.797. The smallest absolute Gasteiger partial charge is 0.250 e. The number of nitrogens with zero attached hydrogens (tertiary/aromatic N) is 1. The number of hydrogen-bond acceptors (Lipinski definition) is 3. The van der Waals surface area contributed by atoms with E-state index in [2.05, 4.69) is 30.4 Å². The van der Waals surface area contributed by atoms with Gasteiger partial charge >= 0.3 is 0 Å². The van der Waals surface area contributed by atoms with Crippen molar-refractivity contribution in [2.75, 3.05) is 19.0 Å². The number of carbonyl (C=O) groups excluding carboxylic acids is 1. The van der Waals surface area contributed by atoms with E-state index >= 15 is 0 Å². The first-order chi connectivity index (χ1) is 11.2. The van der Waals surface area contributed by atoms with Crippen LogP contribution in [-0.2, 0) is 9.53 Å². The van der Waals surface area contributed by atoms with Gasteiger partial charge in [-0.15, -0.1) is 0 Å². The zero-order valence-corrected chi connectivity index (χ0v) is 13.2. The third-order valence-corrected chi connectivity index (χ3v) is 3.58. The largest absolute Gasteiger partial charge is 0.375 e. The molecule has 23 heavy (non-hydrogen) atoms. The fourth-order valence-electron chi connectivity index (χ4n) is 2.46. The lowest BCUT2D eigenvalue weighted by molar-refractivity contribution is -0.119. The molecule has 1 amide bonds. The number of benzene rings is 2. The van der Waals surface area contributed by atoms with E-state index in [1.165, 1.54) is 12.7 Å². The summed E-state index contributed by atoms with van der Waals surface area (Å²) in [5.41, 5.74) is 4.87. The van der Waals surface area contributed by atoms with Crippen LogP contribution >= 0.6 is 0 Å². The number of nitrogens with one attached hydrogen (secondary N) is 1. The van der Waals surface area contributed by atoms with E-state index in [1.807, 2.05) is 36.4 Å². The summed E-state index contributed by atoms with van der Waals surface area (Å²) in [5, 5.41) is 3.91. The highest BCUT2D eigenvalue weighted by atomic mass is 16.5. The van der Waals surface area contributed by atoms with Crippen LogP contribution in [0, 0.1) is 6.92 Å². The molecule has 2 aromatic carbocycles. The molecule has 3 aromatic rings. The number of pyridine rings is 1. The third-order valence-electron chi connectivity index (χ3n) is 3.58. The Labute approximate surface area is 135 Å². The van der Waals surface area contributed by atoms with Gasteiger partial charge in [-0.1, -0.05) is 29.8 Å². The van der Waals surface area contributed by atoms with Gasteiger partial charge in [-0.05, 0) is 37.3 Å². The minimum Gasteiger partial charge on any atom is -0.375 e. The normalized spacial score (nSPS) is 10.7. The van der Waals surface area contributed by atoms with Gasteiger partial charge in [0.15, 0.2) is 0 Å². The molecule has 0 fully saturated rings. The summed E-state index contributed by atoms with van der Waals surface area (Å²) in [7, 11) is 1.50. The maximum Gasteiger partial charge on any atom is 0.250 e. The summed E-state index contributed by atoms with van der Waals surface area (Å²) in [6.45, 7) is 2.12. The van der Waals surface area contributed by atoms with Crippen molar-refractivity contribution in [1.29, 1.82) is 0 Å². The Bertz CT molecular complexity index is 842. The van der Waals surface area contributed by atoms with Gasteiger partial charge in [0.05, 0.1) is 11.2 Å². The second kappa shape index (κ2) is 6.58. The lowest BCUT2D eigenvalue weighted by Gasteiger charge is -2.07. The number of hydrogen-bond donors (Lipinski definition) is 1. The standard InChI is InChI=1S/C19H18N2O2/c1-13-3-9-18-15(11-13)6-10-17(21-18)14-4-7-16(8-5-14)20-19(22)12-23-2/h3-11H,12H2,1-2H3,(H,20,22). The van der Waals surface area contributed by atoms with Crippen LogP contribution in [0.3, 0.4) is 0 Å². The fourth-order valence-corrected chi connectivity index (χ4v) is 2.46. The van der Waals surface area contributed by atoms with Gasteiger partial charge in [-0.3, -0.25) is 4.79 Å². The average Bonchev–Trinajstić information content (AvgIpc) is 2.55. The van der Waals surface area contributed by atoms with Crippen molar-refractivity contribution < 1.29 is 9.53 Å². The molecule has 4 nitrogen and oxygen atoms in total. The van der Waals surface area contributed by atoms with E-state index in [0.29, 0.717) is 0 Å². The van der Waals surface area contributed by atoms with Crippen molar-refractivity contribution in [3.05, 3.63) is 60.2 Å². The van der Waals surface area contributed by atoms with Crippen LogP contribution in [0.25, 0.3) is 22.2 Å². The number of aromatic nitrogens is 1. The number of carbonyl (C=O) groups is 1. The SMILES string of the molecule is COCC(=O)Nc1ccc(-c2ccc3cc(C)ccc3n2)cc1. The molecule has 3 rings (SSSR count). The minimum atomic E-state index is -0.167. The van der Waals surface area contributed by atoms with Crippen LogP contribution in [0.4, 0.5) is 5.69 Å². The van der Waals surface area contributed by atoms with E-state index in [-0.39, 0.29) is 12.5 Å². The topological polar surface area (TPSA) is 51.2 Å². The zero-order chi connectivity index (χ0) is 16.2. The van der Waals surface area contributed by atoms with E-state index in [4.69, 9.17) is 9.72 Å². The molecule has 1 heterocycles. The molecule has 0 aliphatic rings. The molecule has 1 aromatic heterocycles. The number of aryl methyl sites for hydroxylation is 1. The maximum absolute atomic E-state index is 11.5. The van der Waals surface area contributed by atoms with Gasteiger partial charge in [0.1, 0.15) is 6.61 Å². The second-order valence-corrected chi connectivity index (χ2v) is 5.45. The summed E-state index contributed by atoms with van der Waals surface area (Å²) >= 11 is 0. The summed E-state index contributed by atoms with van der Waals surface area (Å²) in [5.74, 6) is -0.167. The number of anilines is 1. The zero-order valence-electron chi connectivity index (χ0n) is 13.2. The van der Waals surface area contributed by atoms with Gasteiger partial charge in [0.25, 0.3) is 0 Å². The monoisotopic (exact) mass is 306 g/mol. The van der Waals surface area contributed by atoms with Gasteiger partial charge < -0.3 is 10.1 Å². The molecule has 0 spiro atoms. The van der Waals surface area contributed by atoms with Crippen molar-refractivity contribution in [3.63, 3.8) is 0 Å². The van der Waals surface area contributed by atoms with Crippen LogP contribution in [0.2, 0.25) is 0 Å². The van der Waals surface area contributed by atoms with Gasteiger partial charge in [0.2, 0.25) is 5.91 Å². The number of amides is 1. The summed E-state index contributed by atoms with van der Waals surface area (Å²) < 4.78 is 4.80. The molecule has 0 atom stereocenters. The van der Waals surface area contributed by atoms with Crippen LogP contribution in [0.15, 0.2) is 54.6 Å². The average molecular weight is 306 g/mol. The Balaban J connectivity index is 1.84. The molecular weight excluding hydrogens is 288 g/mol. The Kier molecular flexibility index (Phi) is 4.35. The highest BCUT2D eigenvalue weighted by Gasteiger charge is 2.04. The Morgan fingerprint density at radius 1 is 1.09 bits per heavy atom. The van der Waals surface area contributed by atoms with Crippen molar-refractivity contribution in [2.24, 2.45) is 0 Å². The number of ether oxygens (including phenoxy) is 1. The van der Waals surface area contributed by atoms with Crippen molar-refractivity contribution >= 4 is 22.5 Å². The molecule has 0 bridgehead atoms. The van der Waals surface area contributed by atoms with Crippen LogP contribution < -0.4 is 5.32 Å². The highest BCUT2D eigenvalue weighted by Crippen LogP contribution is 2.23. The van der Waals surface area contributed by atoms with Crippen LogP contribution in [-0.4, -0.2) is 24.6 Å². The third kappa shape index (κ3) is 3.55. The van der Waals surface area contributed by atoms with Gasteiger partial charge in [-0.2, -0.15) is 0 Å². The molecule has 0 saturated carbocycles. The van der Waals surface area contributed by atoms with E-state index in [1.54, 1.807) is 0 Å². The minimum absolute atomic E-state index is 0.0490. The van der Waals surface area contributed by atoms with Gasteiger partial charge in [-0.25, -0.2) is 4.98 Å². The summed E-state index contributed by atoms with van der Waals surface area (Å²) in [6.07, 6.45) is 0. The van der Waals surface area contributed by atoms with Crippen LogP contribution in [0.1, 0.15) is 5.56 Å². The number of fused-ring (bicyclic) bond motifs is 1. The Morgan fingerprint density at radius 3 is 2.61 bits per heavy atom. The van der Waals surface area contributed by atoms with Crippen molar-refractivity contribution in [2.45, 2.75) is 6.92 Å². The lowest BCUT2D eigenvalue weighted by Crippen LogP contribution is -2.16. The molecule has 116 valence electrons. The maximum atomic E-state index is 11.5. The molecule has 4 heteroatoms. The second-order valence-electron chi connectivity index (χ2n) is 5.45. The fraction of sp³-hybridized carbons (Fsp3) is 0.158. The summed E-state index contributed by atoms with van der Waals surface area (Å²) in [6, 6.07) is 17.9. The highest BCUT2D eigenvalue weighted by molar-refractivity contribution is 5.92. The van der Waals surface area contributed by atoms with Crippen LogP contribution in [0.5, 0.6) is 0 Å². The molecule has 0 radical (unpaired) electrons. The molecule has 1 N–H and O–H groups in total. The van der Waals surface area contributed by atoms with Gasteiger partial charge in [0, 0.05) is 23.7 Å². The molecular formula is C19H18N2O2.